The van der Waals surface area contributed by atoms with Crippen LogP contribution in [0.15, 0.2) is 48.5 Å². The van der Waals surface area contributed by atoms with Crippen LogP contribution in [0.4, 0.5) is 9.18 Å². The first kappa shape index (κ1) is 24.9. The van der Waals surface area contributed by atoms with Gasteiger partial charge < -0.3 is 9.80 Å². The summed E-state index contributed by atoms with van der Waals surface area (Å²) in [7, 11) is 1.58. The zero-order chi connectivity index (χ0) is 25.1. The molecule has 0 saturated carbocycles. The highest BCUT2D eigenvalue weighted by Crippen LogP contribution is 2.22. The first-order valence-corrected chi connectivity index (χ1v) is 11.9. The lowest BCUT2D eigenvalue weighted by Gasteiger charge is -2.39. The first-order valence-electron chi connectivity index (χ1n) is 11.5. The molecular formula is C26H28ClFN4O3. The third-order valence-electron chi connectivity index (χ3n) is 6.38. The standard InChI is InChI=1S/C26H28ClFN4O3/c1-18-14-30(15-19-3-8-23(28)9-4-19)11-12-31(18)24(33)10-6-20-5-7-22(27)13-21(20)16-32-25(34)17-29(2)26(32)35/h3-10,13,18H,11-12,14-17H2,1-2H3. The van der Waals surface area contributed by atoms with Crippen molar-refractivity contribution < 1.29 is 18.8 Å². The van der Waals surface area contributed by atoms with Crippen LogP contribution in [0.2, 0.25) is 5.02 Å². The Morgan fingerprint density at radius 2 is 1.86 bits per heavy atom. The number of urea groups is 1. The Kier molecular flexibility index (Phi) is 7.52. The van der Waals surface area contributed by atoms with Crippen molar-refractivity contribution >= 4 is 35.5 Å². The van der Waals surface area contributed by atoms with E-state index < -0.39 is 0 Å². The molecule has 35 heavy (non-hydrogen) atoms. The second-order valence-corrected chi connectivity index (χ2v) is 9.47. The minimum atomic E-state index is -0.353. The van der Waals surface area contributed by atoms with Crippen molar-refractivity contribution in [3.63, 3.8) is 0 Å². The molecule has 0 aliphatic carbocycles. The molecule has 0 spiro atoms. The normalized spacial score (nSPS) is 19.3. The molecule has 2 saturated heterocycles. The Balaban J connectivity index is 1.40. The average Bonchev–Trinajstić information content (AvgIpc) is 3.06. The molecule has 1 unspecified atom stereocenters. The maximum atomic E-state index is 13.2. The second kappa shape index (κ2) is 10.6. The quantitative estimate of drug-likeness (QED) is 0.451. The summed E-state index contributed by atoms with van der Waals surface area (Å²) in [6, 6.07) is 11.4. The molecule has 2 aliphatic rings. The number of piperazine rings is 1. The number of hydrogen-bond donors (Lipinski definition) is 0. The molecule has 2 heterocycles. The van der Waals surface area contributed by atoms with Crippen LogP contribution in [0.3, 0.4) is 0 Å². The lowest BCUT2D eigenvalue weighted by Crippen LogP contribution is -2.53. The fraction of sp³-hybridized carbons (Fsp3) is 0.346. The summed E-state index contributed by atoms with van der Waals surface area (Å²) in [4.78, 5) is 44.1. The predicted octanol–water partition coefficient (Wildman–Crippen LogP) is 3.62. The molecule has 2 aromatic rings. The predicted molar refractivity (Wildman–Crippen MR) is 132 cm³/mol. The number of amides is 4. The van der Waals surface area contributed by atoms with Gasteiger partial charge in [0.15, 0.2) is 0 Å². The number of hydrogen-bond acceptors (Lipinski definition) is 4. The Morgan fingerprint density at radius 1 is 1.11 bits per heavy atom. The molecule has 4 amide bonds. The maximum absolute atomic E-state index is 13.2. The van der Waals surface area contributed by atoms with Gasteiger partial charge in [0.25, 0.3) is 5.91 Å². The summed E-state index contributed by atoms with van der Waals surface area (Å²) in [5, 5.41) is 0.488. The number of halogens is 2. The Hall–Kier alpha value is -3.23. The van der Waals surface area contributed by atoms with Crippen molar-refractivity contribution in [2.24, 2.45) is 0 Å². The fourth-order valence-electron chi connectivity index (χ4n) is 4.48. The van der Waals surface area contributed by atoms with E-state index in [0.717, 1.165) is 24.2 Å². The summed E-state index contributed by atoms with van der Waals surface area (Å²) in [6.07, 6.45) is 3.24. The van der Waals surface area contributed by atoms with E-state index in [1.54, 1.807) is 43.5 Å². The lowest BCUT2D eigenvalue weighted by molar-refractivity contribution is -0.130. The molecule has 2 aliphatic heterocycles. The highest BCUT2D eigenvalue weighted by Gasteiger charge is 2.33. The van der Waals surface area contributed by atoms with Gasteiger partial charge in [0.2, 0.25) is 5.91 Å². The van der Waals surface area contributed by atoms with Crippen LogP contribution in [0.1, 0.15) is 23.6 Å². The monoisotopic (exact) mass is 498 g/mol. The van der Waals surface area contributed by atoms with E-state index >= 15 is 0 Å². The number of imide groups is 1. The van der Waals surface area contributed by atoms with Crippen LogP contribution in [0.5, 0.6) is 0 Å². The van der Waals surface area contributed by atoms with Crippen LogP contribution < -0.4 is 0 Å². The summed E-state index contributed by atoms with van der Waals surface area (Å²) in [5.74, 6) is -0.622. The van der Waals surface area contributed by atoms with Gasteiger partial charge in [-0.3, -0.25) is 19.4 Å². The van der Waals surface area contributed by atoms with Crippen molar-refractivity contribution in [3.8, 4) is 0 Å². The highest BCUT2D eigenvalue weighted by molar-refractivity contribution is 6.30. The van der Waals surface area contributed by atoms with Gasteiger partial charge in [-0.2, -0.15) is 0 Å². The molecule has 7 nitrogen and oxygen atoms in total. The molecule has 0 N–H and O–H groups in total. The third-order valence-corrected chi connectivity index (χ3v) is 6.62. The van der Waals surface area contributed by atoms with Gasteiger partial charge in [0, 0.05) is 50.4 Å². The molecule has 4 rings (SSSR count). The molecule has 0 aromatic heterocycles. The third kappa shape index (κ3) is 5.89. The van der Waals surface area contributed by atoms with E-state index in [1.807, 2.05) is 11.8 Å². The zero-order valence-corrected chi connectivity index (χ0v) is 20.5. The number of rotatable bonds is 6. The first-order chi connectivity index (χ1) is 16.7. The van der Waals surface area contributed by atoms with E-state index in [-0.39, 0.29) is 42.8 Å². The Labute approximate surface area is 209 Å². The molecule has 2 fully saturated rings. The largest absolute Gasteiger partial charge is 0.334 e. The van der Waals surface area contributed by atoms with Crippen molar-refractivity contribution in [2.75, 3.05) is 33.2 Å². The molecule has 184 valence electrons. The van der Waals surface area contributed by atoms with E-state index in [0.29, 0.717) is 23.7 Å². The number of nitrogens with zero attached hydrogens (tertiary/aromatic N) is 4. The van der Waals surface area contributed by atoms with Gasteiger partial charge in [0.1, 0.15) is 12.4 Å². The minimum absolute atomic E-state index is 0.0152. The second-order valence-electron chi connectivity index (χ2n) is 9.04. The van der Waals surface area contributed by atoms with Gasteiger partial charge in [-0.05, 0) is 54.0 Å². The highest BCUT2D eigenvalue weighted by atomic mass is 35.5. The van der Waals surface area contributed by atoms with Crippen LogP contribution in [-0.2, 0) is 22.7 Å². The van der Waals surface area contributed by atoms with Crippen molar-refractivity contribution in [1.29, 1.82) is 0 Å². The lowest BCUT2D eigenvalue weighted by atomic mass is 10.1. The number of carbonyl (C=O) groups is 3. The van der Waals surface area contributed by atoms with Gasteiger partial charge in [-0.1, -0.05) is 29.8 Å². The van der Waals surface area contributed by atoms with Gasteiger partial charge in [0.05, 0.1) is 6.54 Å². The van der Waals surface area contributed by atoms with Crippen LogP contribution in [-0.4, -0.2) is 76.7 Å². The van der Waals surface area contributed by atoms with Gasteiger partial charge >= 0.3 is 6.03 Å². The summed E-state index contributed by atoms with van der Waals surface area (Å²) in [6.45, 7) is 4.89. The van der Waals surface area contributed by atoms with Crippen molar-refractivity contribution in [2.45, 2.75) is 26.1 Å². The molecule has 2 aromatic carbocycles. The molecule has 0 bridgehead atoms. The number of carbonyl (C=O) groups excluding carboxylic acids is 3. The van der Waals surface area contributed by atoms with E-state index in [1.165, 1.54) is 28.0 Å². The van der Waals surface area contributed by atoms with E-state index in [2.05, 4.69) is 4.90 Å². The molecular weight excluding hydrogens is 471 g/mol. The molecule has 1 atom stereocenters. The van der Waals surface area contributed by atoms with Crippen LogP contribution >= 0.6 is 11.6 Å². The van der Waals surface area contributed by atoms with Crippen molar-refractivity contribution in [1.82, 2.24) is 19.6 Å². The van der Waals surface area contributed by atoms with E-state index in [9.17, 15) is 18.8 Å². The van der Waals surface area contributed by atoms with Gasteiger partial charge in [-0.15, -0.1) is 0 Å². The smallest absolute Gasteiger partial charge is 0.327 e. The van der Waals surface area contributed by atoms with Gasteiger partial charge in [-0.25, -0.2) is 9.18 Å². The molecule has 0 radical (unpaired) electrons. The van der Waals surface area contributed by atoms with Crippen molar-refractivity contribution in [3.05, 3.63) is 76.1 Å². The number of benzene rings is 2. The topological polar surface area (TPSA) is 64.2 Å². The SMILES string of the molecule is CC1CN(Cc2ccc(F)cc2)CCN1C(=O)C=Cc1ccc(Cl)cc1CN1C(=O)CN(C)C1=O. The average molecular weight is 499 g/mol. The minimum Gasteiger partial charge on any atom is -0.334 e. The Bertz CT molecular complexity index is 1150. The summed E-state index contributed by atoms with van der Waals surface area (Å²) >= 11 is 6.17. The maximum Gasteiger partial charge on any atom is 0.327 e. The fourth-order valence-corrected chi connectivity index (χ4v) is 4.67. The molecule has 9 heteroatoms. The summed E-state index contributed by atoms with van der Waals surface area (Å²) in [5.41, 5.74) is 2.45. The Morgan fingerprint density at radius 3 is 2.51 bits per heavy atom. The summed E-state index contributed by atoms with van der Waals surface area (Å²) < 4.78 is 13.2. The van der Waals surface area contributed by atoms with E-state index in [4.69, 9.17) is 11.6 Å². The van der Waals surface area contributed by atoms with Crippen LogP contribution in [0.25, 0.3) is 6.08 Å². The zero-order valence-electron chi connectivity index (χ0n) is 19.8. The van der Waals surface area contributed by atoms with Crippen LogP contribution in [0, 0.1) is 5.82 Å². The number of likely N-dealkylation sites (N-methyl/N-ethyl adjacent to an activating group) is 1.